The minimum atomic E-state index is -0.578. The molecular formula is C13H12FN3O2. The molecule has 0 aliphatic heterocycles. The highest BCUT2D eigenvalue weighted by Crippen LogP contribution is 2.12. The first-order valence-corrected chi connectivity index (χ1v) is 5.54. The van der Waals surface area contributed by atoms with Gasteiger partial charge in [-0.15, -0.1) is 0 Å². The van der Waals surface area contributed by atoms with Crippen molar-refractivity contribution >= 4 is 11.8 Å². The fourth-order valence-corrected chi connectivity index (χ4v) is 1.57. The first-order valence-electron chi connectivity index (χ1n) is 5.54. The summed E-state index contributed by atoms with van der Waals surface area (Å²) >= 11 is 0. The first-order chi connectivity index (χ1) is 9.10. The van der Waals surface area contributed by atoms with Gasteiger partial charge in [0.2, 0.25) is 0 Å². The lowest BCUT2D eigenvalue weighted by Gasteiger charge is -2.05. The Bertz CT molecular complexity index is 599. The van der Waals surface area contributed by atoms with Gasteiger partial charge in [-0.1, -0.05) is 12.1 Å². The summed E-state index contributed by atoms with van der Waals surface area (Å²) in [5.41, 5.74) is 6.65. The van der Waals surface area contributed by atoms with Crippen molar-refractivity contribution < 1.29 is 13.9 Å². The lowest BCUT2D eigenvalue weighted by molar-refractivity contribution is 0.0601. The molecule has 0 amide bonds. The Labute approximate surface area is 109 Å². The second-order valence-electron chi connectivity index (χ2n) is 3.88. The van der Waals surface area contributed by atoms with E-state index in [0.29, 0.717) is 12.2 Å². The second-order valence-corrected chi connectivity index (χ2v) is 3.88. The van der Waals surface area contributed by atoms with Crippen LogP contribution in [0.25, 0.3) is 0 Å². The van der Waals surface area contributed by atoms with Gasteiger partial charge in [0.25, 0.3) is 0 Å². The molecule has 0 spiro atoms. The molecule has 0 aliphatic rings. The number of anilines is 1. The monoisotopic (exact) mass is 261 g/mol. The molecule has 19 heavy (non-hydrogen) atoms. The zero-order valence-electron chi connectivity index (χ0n) is 10.3. The second kappa shape index (κ2) is 5.43. The third kappa shape index (κ3) is 3.04. The Kier molecular flexibility index (Phi) is 3.70. The standard InChI is InChI=1S/C13H12FN3O2/c1-19-13(18)10-7-16-11(17-12(10)15)6-8-2-4-9(14)5-3-8/h2-5,7H,6H2,1H3,(H2,15,16,17). The van der Waals surface area contributed by atoms with Crippen LogP contribution in [-0.2, 0) is 11.2 Å². The molecular weight excluding hydrogens is 249 g/mol. The highest BCUT2D eigenvalue weighted by atomic mass is 19.1. The molecule has 2 rings (SSSR count). The summed E-state index contributed by atoms with van der Waals surface area (Å²) in [4.78, 5) is 19.4. The third-order valence-electron chi connectivity index (χ3n) is 2.55. The number of ether oxygens (including phenoxy) is 1. The van der Waals surface area contributed by atoms with Gasteiger partial charge in [-0.05, 0) is 17.7 Å². The number of hydrogen-bond donors (Lipinski definition) is 1. The Morgan fingerprint density at radius 1 is 1.37 bits per heavy atom. The topological polar surface area (TPSA) is 78.1 Å². The van der Waals surface area contributed by atoms with Gasteiger partial charge in [0.15, 0.2) is 0 Å². The van der Waals surface area contributed by atoms with E-state index in [1.54, 1.807) is 12.1 Å². The van der Waals surface area contributed by atoms with E-state index in [0.717, 1.165) is 5.56 Å². The Balaban J connectivity index is 2.20. The van der Waals surface area contributed by atoms with Crippen molar-refractivity contribution in [3.63, 3.8) is 0 Å². The van der Waals surface area contributed by atoms with E-state index in [1.807, 2.05) is 0 Å². The number of carbonyl (C=O) groups is 1. The molecule has 0 aliphatic carbocycles. The van der Waals surface area contributed by atoms with Gasteiger partial charge in [0.05, 0.1) is 7.11 Å². The minimum Gasteiger partial charge on any atom is -0.465 e. The van der Waals surface area contributed by atoms with Gasteiger partial charge in [0, 0.05) is 12.6 Å². The van der Waals surface area contributed by atoms with Crippen LogP contribution < -0.4 is 5.73 Å². The largest absolute Gasteiger partial charge is 0.465 e. The molecule has 0 atom stereocenters. The normalized spacial score (nSPS) is 10.2. The minimum absolute atomic E-state index is 0.0685. The molecule has 0 radical (unpaired) electrons. The Morgan fingerprint density at radius 2 is 2.05 bits per heavy atom. The number of hydrogen-bond acceptors (Lipinski definition) is 5. The van der Waals surface area contributed by atoms with Crippen LogP contribution in [0.15, 0.2) is 30.5 Å². The number of halogens is 1. The van der Waals surface area contributed by atoms with Gasteiger partial charge in [-0.2, -0.15) is 0 Å². The number of benzene rings is 1. The fourth-order valence-electron chi connectivity index (χ4n) is 1.57. The summed E-state index contributed by atoms with van der Waals surface area (Å²) in [5.74, 6) is -0.355. The molecule has 2 aromatic rings. The molecule has 1 aromatic heterocycles. The van der Waals surface area contributed by atoms with Gasteiger partial charge in [-0.25, -0.2) is 19.2 Å². The molecule has 5 nitrogen and oxygen atoms in total. The van der Waals surface area contributed by atoms with Crippen LogP contribution in [0, 0.1) is 5.82 Å². The molecule has 1 aromatic carbocycles. The number of esters is 1. The summed E-state index contributed by atoms with van der Waals surface area (Å²) in [7, 11) is 1.26. The maximum absolute atomic E-state index is 12.8. The van der Waals surface area contributed by atoms with Crippen molar-refractivity contribution in [2.75, 3.05) is 12.8 Å². The maximum atomic E-state index is 12.8. The van der Waals surface area contributed by atoms with Gasteiger partial charge < -0.3 is 10.5 Å². The summed E-state index contributed by atoms with van der Waals surface area (Å²) in [5, 5.41) is 0. The number of nitrogen functional groups attached to an aromatic ring is 1. The van der Waals surface area contributed by atoms with E-state index in [9.17, 15) is 9.18 Å². The van der Waals surface area contributed by atoms with Crippen molar-refractivity contribution in [2.45, 2.75) is 6.42 Å². The number of nitrogens with zero attached hydrogens (tertiary/aromatic N) is 2. The van der Waals surface area contributed by atoms with E-state index >= 15 is 0 Å². The highest BCUT2D eigenvalue weighted by molar-refractivity contribution is 5.93. The van der Waals surface area contributed by atoms with Crippen molar-refractivity contribution in [2.24, 2.45) is 0 Å². The van der Waals surface area contributed by atoms with Gasteiger partial charge in [-0.3, -0.25) is 0 Å². The first kappa shape index (κ1) is 12.9. The number of carbonyl (C=O) groups excluding carboxylic acids is 1. The molecule has 0 bridgehead atoms. The zero-order chi connectivity index (χ0) is 13.8. The van der Waals surface area contributed by atoms with Crippen molar-refractivity contribution in [1.82, 2.24) is 9.97 Å². The Morgan fingerprint density at radius 3 is 2.63 bits per heavy atom. The highest BCUT2D eigenvalue weighted by Gasteiger charge is 2.12. The van der Waals surface area contributed by atoms with Crippen molar-refractivity contribution in [3.05, 3.63) is 53.2 Å². The zero-order valence-corrected chi connectivity index (χ0v) is 10.3. The maximum Gasteiger partial charge on any atom is 0.343 e. The summed E-state index contributed by atoms with van der Waals surface area (Å²) in [6.07, 6.45) is 1.74. The molecule has 0 saturated carbocycles. The average molecular weight is 261 g/mol. The number of nitrogens with two attached hydrogens (primary N) is 1. The van der Waals surface area contributed by atoms with E-state index in [4.69, 9.17) is 5.73 Å². The summed E-state index contributed by atoms with van der Waals surface area (Å²) in [6, 6.07) is 6.01. The van der Waals surface area contributed by atoms with Crippen molar-refractivity contribution in [3.8, 4) is 0 Å². The molecule has 0 unspecified atom stereocenters. The smallest absolute Gasteiger partial charge is 0.343 e. The van der Waals surface area contributed by atoms with Crippen LogP contribution in [0.1, 0.15) is 21.7 Å². The number of rotatable bonds is 3. The van der Waals surface area contributed by atoms with Crippen LogP contribution in [0.4, 0.5) is 10.2 Å². The van der Waals surface area contributed by atoms with Gasteiger partial charge in [0.1, 0.15) is 23.0 Å². The summed E-state index contributed by atoms with van der Waals surface area (Å²) in [6.45, 7) is 0. The van der Waals surface area contributed by atoms with Crippen LogP contribution in [0.2, 0.25) is 0 Å². The predicted molar refractivity (Wildman–Crippen MR) is 67.0 cm³/mol. The number of methoxy groups -OCH3 is 1. The average Bonchev–Trinajstić information content (AvgIpc) is 2.41. The SMILES string of the molecule is COC(=O)c1cnc(Cc2ccc(F)cc2)nc1N. The molecule has 1 heterocycles. The third-order valence-corrected chi connectivity index (χ3v) is 2.55. The van der Waals surface area contributed by atoms with Crippen LogP contribution >= 0.6 is 0 Å². The molecule has 6 heteroatoms. The van der Waals surface area contributed by atoms with Crippen LogP contribution in [0.5, 0.6) is 0 Å². The van der Waals surface area contributed by atoms with E-state index in [-0.39, 0.29) is 17.2 Å². The van der Waals surface area contributed by atoms with Gasteiger partial charge >= 0.3 is 5.97 Å². The molecule has 2 N–H and O–H groups in total. The fraction of sp³-hybridized carbons (Fsp3) is 0.154. The van der Waals surface area contributed by atoms with Crippen LogP contribution in [0.3, 0.4) is 0 Å². The van der Waals surface area contributed by atoms with E-state index in [1.165, 1.54) is 25.4 Å². The summed E-state index contributed by atoms with van der Waals surface area (Å²) < 4.78 is 17.3. The lowest BCUT2D eigenvalue weighted by Crippen LogP contribution is -2.10. The number of aromatic nitrogens is 2. The molecule has 98 valence electrons. The Hall–Kier alpha value is -2.50. The quantitative estimate of drug-likeness (QED) is 0.848. The molecule has 0 saturated heterocycles. The van der Waals surface area contributed by atoms with Crippen LogP contribution in [-0.4, -0.2) is 23.0 Å². The predicted octanol–water partition coefficient (Wildman–Crippen LogP) is 1.58. The van der Waals surface area contributed by atoms with Crippen molar-refractivity contribution in [1.29, 1.82) is 0 Å². The van der Waals surface area contributed by atoms with E-state index in [2.05, 4.69) is 14.7 Å². The van der Waals surface area contributed by atoms with E-state index < -0.39 is 5.97 Å². The lowest BCUT2D eigenvalue weighted by atomic mass is 10.1. The molecule has 0 fully saturated rings.